The van der Waals surface area contributed by atoms with E-state index in [2.05, 4.69) is 35.9 Å². The molecule has 0 amide bonds. The van der Waals surface area contributed by atoms with Crippen LogP contribution in [0.5, 0.6) is 0 Å². The molecule has 0 bridgehead atoms. The van der Waals surface area contributed by atoms with E-state index < -0.39 is 17.1 Å². The maximum atomic E-state index is 10.8. The Morgan fingerprint density at radius 1 is 1.21 bits per heavy atom. The van der Waals surface area contributed by atoms with Gasteiger partial charge in [0.15, 0.2) is 0 Å². The van der Waals surface area contributed by atoms with E-state index in [0.717, 1.165) is 11.4 Å². The number of aliphatic hydroxyl groups excluding tert-OH is 2. The molecule has 29 heavy (non-hydrogen) atoms. The fraction of sp³-hybridized carbons (Fsp3) is 0.318. The topological polar surface area (TPSA) is 99.2 Å². The van der Waals surface area contributed by atoms with Crippen molar-refractivity contribution in [3.8, 4) is 0 Å². The molecule has 0 fully saturated rings. The van der Waals surface area contributed by atoms with Crippen molar-refractivity contribution >= 4 is 17.6 Å². The fourth-order valence-corrected chi connectivity index (χ4v) is 3.77. The molecule has 0 unspecified atom stereocenters. The zero-order chi connectivity index (χ0) is 21.2. The molecule has 0 spiro atoms. The van der Waals surface area contributed by atoms with Crippen molar-refractivity contribution in [2.45, 2.75) is 31.4 Å². The van der Waals surface area contributed by atoms with Gasteiger partial charge in [-0.15, -0.1) is 0 Å². The summed E-state index contributed by atoms with van der Waals surface area (Å²) in [4.78, 5) is 16.7. The molecule has 0 radical (unpaired) electrons. The molecule has 7 nitrogen and oxygen atoms in total. The highest BCUT2D eigenvalue weighted by Gasteiger charge is 2.37. The number of anilines is 1. The Morgan fingerprint density at radius 2 is 1.86 bits per heavy atom. The number of aliphatic hydroxyl groups is 2. The second kappa shape index (κ2) is 8.14. The highest BCUT2D eigenvalue weighted by atomic mass is 16.6. The predicted molar refractivity (Wildman–Crippen MR) is 113 cm³/mol. The third-order valence-corrected chi connectivity index (χ3v) is 5.45. The fourth-order valence-electron chi connectivity index (χ4n) is 3.77. The van der Waals surface area contributed by atoms with Gasteiger partial charge >= 0.3 is 0 Å². The highest BCUT2D eigenvalue weighted by molar-refractivity contribution is 5.79. The second-order valence-corrected chi connectivity index (χ2v) is 7.59. The van der Waals surface area contributed by atoms with Crippen molar-refractivity contribution in [1.82, 2.24) is 0 Å². The van der Waals surface area contributed by atoms with Crippen molar-refractivity contribution < 1.29 is 15.1 Å². The van der Waals surface area contributed by atoms with E-state index >= 15 is 0 Å². The van der Waals surface area contributed by atoms with Crippen molar-refractivity contribution in [2.24, 2.45) is 4.99 Å². The minimum atomic E-state index is -1.07. The number of para-hydroxylation sites is 1. The number of nitrogens with zero attached hydrogens (tertiary/aromatic N) is 3. The summed E-state index contributed by atoms with van der Waals surface area (Å²) in [5, 5.41) is 31.0. The maximum Gasteiger partial charge on any atom is 0.269 e. The van der Waals surface area contributed by atoms with E-state index in [1.54, 1.807) is 6.21 Å². The molecule has 1 aliphatic heterocycles. The Kier molecular flexibility index (Phi) is 5.81. The van der Waals surface area contributed by atoms with Gasteiger partial charge < -0.3 is 15.1 Å². The van der Waals surface area contributed by atoms with Crippen LogP contribution in [0.15, 0.2) is 65.3 Å². The van der Waals surface area contributed by atoms with E-state index in [0.29, 0.717) is 5.56 Å². The average Bonchev–Trinajstić information content (AvgIpc) is 2.91. The van der Waals surface area contributed by atoms with Gasteiger partial charge in [0.1, 0.15) is 12.1 Å². The summed E-state index contributed by atoms with van der Waals surface area (Å²) in [5.74, 6) is 0. The summed E-state index contributed by atoms with van der Waals surface area (Å²) in [6.07, 6.45) is 2.43. The van der Waals surface area contributed by atoms with Gasteiger partial charge in [-0.05, 0) is 35.4 Å². The lowest BCUT2D eigenvalue weighted by Crippen LogP contribution is -2.23. The predicted octanol–water partition coefficient (Wildman–Crippen LogP) is 3.37. The van der Waals surface area contributed by atoms with Crippen molar-refractivity contribution in [2.75, 3.05) is 18.6 Å². The summed E-state index contributed by atoms with van der Waals surface area (Å²) >= 11 is 0. The van der Waals surface area contributed by atoms with Crippen LogP contribution in [0.3, 0.4) is 0 Å². The molecule has 0 saturated heterocycles. The monoisotopic (exact) mass is 395 g/mol. The molecule has 3 rings (SSSR count). The number of nitro benzene ring substituents is 1. The number of aliphatic imine (C=N–C) groups is 1. The quantitative estimate of drug-likeness (QED) is 0.444. The van der Waals surface area contributed by atoms with Crippen LogP contribution in [0.2, 0.25) is 0 Å². The van der Waals surface area contributed by atoms with E-state index in [1.165, 1.54) is 29.8 Å². The standard InChI is InChI=1S/C22H25N3O4/c1-22(2)17-6-4-5-7-19(17)24(3)20(22)12-13-23-18(14-26)21(27)15-8-10-16(11-9-15)25(28)29/h4-13,18,21,26-27H,14H2,1-3H3/b20-12-,23-13?/t18-,21-/m0/s1. The van der Waals surface area contributed by atoms with Gasteiger partial charge in [-0.1, -0.05) is 32.0 Å². The molecule has 2 atom stereocenters. The van der Waals surface area contributed by atoms with Crippen LogP contribution >= 0.6 is 0 Å². The molecular weight excluding hydrogens is 370 g/mol. The minimum Gasteiger partial charge on any atom is -0.394 e. The van der Waals surface area contributed by atoms with Gasteiger partial charge in [-0.3, -0.25) is 15.1 Å². The number of rotatable bonds is 6. The Balaban J connectivity index is 1.80. The average molecular weight is 395 g/mol. The van der Waals surface area contributed by atoms with Crippen LogP contribution in [0.4, 0.5) is 11.4 Å². The minimum absolute atomic E-state index is 0.0548. The molecular formula is C22H25N3O4. The molecule has 0 aromatic heterocycles. The number of hydrogen-bond acceptors (Lipinski definition) is 6. The molecule has 7 heteroatoms. The first kappa shape index (κ1) is 20.7. The van der Waals surface area contributed by atoms with Crippen molar-refractivity contribution in [3.63, 3.8) is 0 Å². The Labute approximate surface area is 169 Å². The van der Waals surface area contributed by atoms with Gasteiger partial charge in [0.2, 0.25) is 0 Å². The maximum absolute atomic E-state index is 10.8. The Morgan fingerprint density at radius 3 is 2.45 bits per heavy atom. The summed E-state index contributed by atoms with van der Waals surface area (Å²) in [6, 6.07) is 13.0. The van der Waals surface area contributed by atoms with E-state index in [4.69, 9.17) is 0 Å². The largest absolute Gasteiger partial charge is 0.394 e. The van der Waals surface area contributed by atoms with E-state index in [9.17, 15) is 20.3 Å². The van der Waals surface area contributed by atoms with Crippen LogP contribution in [0.1, 0.15) is 31.1 Å². The van der Waals surface area contributed by atoms with E-state index in [-0.39, 0.29) is 17.7 Å². The summed E-state index contributed by atoms with van der Waals surface area (Å²) < 4.78 is 0. The molecule has 2 aromatic carbocycles. The number of likely N-dealkylation sites (N-methyl/N-ethyl adjacent to an activating group) is 1. The summed E-state index contributed by atoms with van der Waals surface area (Å²) in [6.45, 7) is 3.94. The van der Waals surface area contributed by atoms with Gasteiger partial charge in [0.25, 0.3) is 5.69 Å². The molecule has 152 valence electrons. The Hall–Kier alpha value is -3.03. The third kappa shape index (κ3) is 3.92. The third-order valence-electron chi connectivity index (χ3n) is 5.45. The molecule has 2 aromatic rings. The molecule has 1 heterocycles. The molecule has 0 saturated carbocycles. The lowest BCUT2D eigenvalue weighted by atomic mass is 9.84. The van der Waals surface area contributed by atoms with Crippen molar-refractivity contribution in [1.29, 1.82) is 0 Å². The summed E-state index contributed by atoms with van der Waals surface area (Å²) in [7, 11) is 2.00. The number of fused-ring (bicyclic) bond motifs is 1. The lowest BCUT2D eigenvalue weighted by molar-refractivity contribution is -0.384. The first-order valence-electron chi connectivity index (χ1n) is 9.37. The van der Waals surface area contributed by atoms with Crippen LogP contribution in [0, 0.1) is 10.1 Å². The highest BCUT2D eigenvalue weighted by Crippen LogP contribution is 2.46. The smallest absolute Gasteiger partial charge is 0.269 e. The SMILES string of the molecule is CN1/C(=C\C=N[C@@H](CO)[C@@H](O)c2ccc([N+](=O)[O-])cc2)C(C)(C)c2ccccc21. The van der Waals surface area contributed by atoms with Crippen LogP contribution < -0.4 is 4.90 Å². The van der Waals surface area contributed by atoms with Crippen LogP contribution in [-0.2, 0) is 5.41 Å². The first-order chi connectivity index (χ1) is 13.8. The Bertz CT molecular complexity index is 951. The number of non-ortho nitro benzene ring substituents is 1. The van der Waals surface area contributed by atoms with Crippen LogP contribution in [-0.4, -0.2) is 41.0 Å². The van der Waals surface area contributed by atoms with Gasteiger partial charge in [-0.2, -0.15) is 0 Å². The number of allylic oxidation sites excluding steroid dienone is 2. The molecule has 1 aliphatic rings. The first-order valence-corrected chi connectivity index (χ1v) is 9.37. The molecule has 2 N–H and O–H groups in total. The number of hydrogen-bond donors (Lipinski definition) is 2. The normalized spacial score (nSPS) is 18.8. The zero-order valence-corrected chi connectivity index (χ0v) is 16.7. The number of nitro groups is 1. The molecule has 0 aliphatic carbocycles. The lowest BCUT2D eigenvalue weighted by Gasteiger charge is -2.23. The van der Waals surface area contributed by atoms with Crippen molar-refractivity contribution in [3.05, 3.63) is 81.5 Å². The van der Waals surface area contributed by atoms with Gasteiger partial charge in [0, 0.05) is 42.2 Å². The summed E-state index contributed by atoms with van der Waals surface area (Å²) in [5.41, 5.74) is 3.65. The van der Waals surface area contributed by atoms with Gasteiger partial charge in [0.05, 0.1) is 11.5 Å². The second-order valence-electron chi connectivity index (χ2n) is 7.59. The number of benzene rings is 2. The van der Waals surface area contributed by atoms with Gasteiger partial charge in [-0.25, -0.2) is 0 Å². The zero-order valence-electron chi connectivity index (χ0n) is 16.7. The van der Waals surface area contributed by atoms with Crippen LogP contribution in [0.25, 0.3) is 0 Å². The van der Waals surface area contributed by atoms with E-state index in [1.807, 2.05) is 25.3 Å².